The van der Waals surface area contributed by atoms with Crippen LogP contribution >= 0.6 is 12.2 Å². The summed E-state index contributed by atoms with van der Waals surface area (Å²) in [5.41, 5.74) is 5.40. The van der Waals surface area contributed by atoms with Gasteiger partial charge in [-0.2, -0.15) is 0 Å². The molecule has 0 radical (unpaired) electrons. The van der Waals surface area contributed by atoms with Gasteiger partial charge in [0.15, 0.2) is 0 Å². The Balaban J connectivity index is 3.99. The Morgan fingerprint density at radius 3 is 2.29 bits per heavy atom. The number of nitrogens with zero attached hydrogens (tertiary/aromatic N) is 1. The lowest BCUT2D eigenvalue weighted by Crippen LogP contribution is -2.34. The lowest BCUT2D eigenvalue weighted by atomic mass is 10.2. The molecule has 0 spiro atoms. The minimum Gasteiger partial charge on any atom is -0.393 e. The molecule has 0 aromatic rings. The van der Waals surface area contributed by atoms with Gasteiger partial charge in [-0.05, 0) is 12.8 Å². The van der Waals surface area contributed by atoms with Crippen LogP contribution in [0.25, 0.3) is 0 Å². The van der Waals surface area contributed by atoms with Gasteiger partial charge in [-0.15, -0.1) is 0 Å². The summed E-state index contributed by atoms with van der Waals surface area (Å²) < 4.78 is 0. The fourth-order valence-electron chi connectivity index (χ4n) is 1.25. The minimum atomic E-state index is 0.214. The quantitative estimate of drug-likeness (QED) is 0.659. The first-order valence-corrected chi connectivity index (χ1v) is 5.58. The highest BCUT2D eigenvalue weighted by molar-refractivity contribution is 7.80. The van der Waals surface area contributed by atoms with Crippen LogP contribution in [-0.2, 0) is 4.79 Å². The van der Waals surface area contributed by atoms with Crippen LogP contribution in [0.3, 0.4) is 0 Å². The molecule has 1 amide bonds. The average molecular weight is 216 g/mol. The molecule has 0 aromatic carbocycles. The Labute approximate surface area is 91.6 Å². The van der Waals surface area contributed by atoms with E-state index in [1.807, 2.05) is 11.8 Å². The normalized spacial score (nSPS) is 9.86. The Morgan fingerprint density at radius 1 is 1.21 bits per heavy atom. The van der Waals surface area contributed by atoms with Crippen molar-refractivity contribution in [2.24, 2.45) is 5.73 Å². The molecule has 4 heteroatoms. The molecule has 0 heterocycles. The smallest absolute Gasteiger partial charge is 0.222 e. The van der Waals surface area contributed by atoms with E-state index in [4.69, 9.17) is 18.0 Å². The van der Waals surface area contributed by atoms with E-state index in [0.29, 0.717) is 24.4 Å². The van der Waals surface area contributed by atoms with Crippen molar-refractivity contribution in [2.45, 2.75) is 39.5 Å². The molecule has 2 N–H and O–H groups in total. The van der Waals surface area contributed by atoms with E-state index in [2.05, 4.69) is 6.92 Å². The van der Waals surface area contributed by atoms with E-state index >= 15 is 0 Å². The SMILES string of the molecule is CCCC(=O)N(CCC)CCC(N)=S. The van der Waals surface area contributed by atoms with Gasteiger partial charge in [-0.1, -0.05) is 26.1 Å². The van der Waals surface area contributed by atoms with Gasteiger partial charge in [0.1, 0.15) is 0 Å². The van der Waals surface area contributed by atoms with Crippen LogP contribution in [0.4, 0.5) is 0 Å². The molecule has 82 valence electrons. The number of rotatable bonds is 7. The number of carbonyl (C=O) groups excluding carboxylic acids is 1. The number of hydrogen-bond donors (Lipinski definition) is 1. The molecule has 0 bridgehead atoms. The second kappa shape index (κ2) is 7.74. The fourth-order valence-corrected chi connectivity index (χ4v) is 1.34. The lowest BCUT2D eigenvalue weighted by molar-refractivity contribution is -0.131. The van der Waals surface area contributed by atoms with Gasteiger partial charge in [0.05, 0.1) is 4.99 Å². The minimum absolute atomic E-state index is 0.214. The topological polar surface area (TPSA) is 46.3 Å². The average Bonchev–Trinajstić information content (AvgIpc) is 2.12. The summed E-state index contributed by atoms with van der Waals surface area (Å²) >= 11 is 4.79. The third-order valence-corrected chi connectivity index (χ3v) is 2.14. The van der Waals surface area contributed by atoms with E-state index in [1.165, 1.54) is 0 Å². The molecule has 14 heavy (non-hydrogen) atoms. The van der Waals surface area contributed by atoms with Crippen molar-refractivity contribution >= 4 is 23.1 Å². The first kappa shape index (κ1) is 13.4. The molecular weight excluding hydrogens is 196 g/mol. The molecule has 0 aliphatic carbocycles. The van der Waals surface area contributed by atoms with Gasteiger partial charge >= 0.3 is 0 Å². The molecule has 0 rings (SSSR count). The summed E-state index contributed by atoms with van der Waals surface area (Å²) in [5, 5.41) is 0. The number of thiocarbonyl (C=S) groups is 1. The predicted octanol–water partition coefficient (Wildman–Crippen LogP) is 1.70. The van der Waals surface area contributed by atoms with Crippen molar-refractivity contribution in [1.29, 1.82) is 0 Å². The van der Waals surface area contributed by atoms with Crippen molar-refractivity contribution in [3.8, 4) is 0 Å². The van der Waals surface area contributed by atoms with E-state index in [0.717, 1.165) is 19.4 Å². The maximum absolute atomic E-state index is 11.6. The van der Waals surface area contributed by atoms with Gasteiger partial charge in [-0.3, -0.25) is 4.79 Å². The predicted molar refractivity (Wildman–Crippen MR) is 63.2 cm³/mol. The fraction of sp³-hybridized carbons (Fsp3) is 0.800. The molecule has 0 aromatic heterocycles. The monoisotopic (exact) mass is 216 g/mol. The van der Waals surface area contributed by atoms with Crippen LogP contribution in [0.2, 0.25) is 0 Å². The van der Waals surface area contributed by atoms with Gasteiger partial charge < -0.3 is 10.6 Å². The van der Waals surface area contributed by atoms with Gasteiger partial charge in [0, 0.05) is 25.9 Å². The first-order chi connectivity index (χ1) is 6.61. The first-order valence-electron chi connectivity index (χ1n) is 5.17. The van der Waals surface area contributed by atoms with Gasteiger partial charge in [0.2, 0.25) is 5.91 Å². The summed E-state index contributed by atoms with van der Waals surface area (Å²) in [6, 6.07) is 0. The molecule has 0 fully saturated rings. The van der Waals surface area contributed by atoms with Crippen molar-refractivity contribution in [3.05, 3.63) is 0 Å². The highest BCUT2D eigenvalue weighted by Crippen LogP contribution is 2.00. The van der Waals surface area contributed by atoms with Crippen molar-refractivity contribution in [3.63, 3.8) is 0 Å². The molecule has 3 nitrogen and oxygen atoms in total. The molecule has 0 unspecified atom stereocenters. The maximum Gasteiger partial charge on any atom is 0.222 e. The third kappa shape index (κ3) is 5.91. The van der Waals surface area contributed by atoms with Gasteiger partial charge in [-0.25, -0.2) is 0 Å². The highest BCUT2D eigenvalue weighted by Gasteiger charge is 2.10. The maximum atomic E-state index is 11.6. The molecule has 0 aliphatic rings. The molecule has 0 atom stereocenters. The van der Waals surface area contributed by atoms with Crippen LogP contribution < -0.4 is 5.73 Å². The zero-order valence-corrected chi connectivity index (χ0v) is 9.90. The van der Waals surface area contributed by atoms with Crippen molar-refractivity contribution in [2.75, 3.05) is 13.1 Å². The number of nitrogens with two attached hydrogens (primary N) is 1. The Kier molecular flexibility index (Phi) is 7.38. The second-order valence-electron chi connectivity index (χ2n) is 3.35. The standard InChI is InChI=1S/C10H20N2OS/c1-3-5-10(13)12(7-4-2)8-6-9(11)14/h3-8H2,1-2H3,(H2,11,14). The van der Waals surface area contributed by atoms with E-state index in [9.17, 15) is 4.79 Å². The molecule has 0 saturated heterocycles. The Hall–Kier alpha value is -0.640. The molecule has 0 saturated carbocycles. The van der Waals surface area contributed by atoms with Crippen molar-refractivity contribution < 1.29 is 4.79 Å². The Bertz CT molecular complexity index is 195. The number of amides is 1. The number of carbonyl (C=O) groups is 1. The largest absolute Gasteiger partial charge is 0.393 e. The number of hydrogen-bond acceptors (Lipinski definition) is 2. The summed E-state index contributed by atoms with van der Waals surface area (Å²) in [6.07, 6.45) is 3.13. The summed E-state index contributed by atoms with van der Waals surface area (Å²) in [5.74, 6) is 0.214. The molecule has 0 aliphatic heterocycles. The lowest BCUT2D eigenvalue weighted by Gasteiger charge is -2.21. The highest BCUT2D eigenvalue weighted by atomic mass is 32.1. The molecular formula is C10H20N2OS. The zero-order chi connectivity index (χ0) is 11.0. The van der Waals surface area contributed by atoms with Crippen LogP contribution in [0.1, 0.15) is 39.5 Å². The zero-order valence-electron chi connectivity index (χ0n) is 9.08. The second-order valence-corrected chi connectivity index (χ2v) is 3.87. The summed E-state index contributed by atoms with van der Waals surface area (Å²) in [6.45, 7) is 5.55. The van der Waals surface area contributed by atoms with Crippen LogP contribution in [-0.4, -0.2) is 28.9 Å². The van der Waals surface area contributed by atoms with E-state index in [1.54, 1.807) is 0 Å². The van der Waals surface area contributed by atoms with Crippen LogP contribution in [0.15, 0.2) is 0 Å². The van der Waals surface area contributed by atoms with Crippen LogP contribution in [0.5, 0.6) is 0 Å². The van der Waals surface area contributed by atoms with E-state index < -0.39 is 0 Å². The van der Waals surface area contributed by atoms with Crippen molar-refractivity contribution in [1.82, 2.24) is 4.90 Å². The summed E-state index contributed by atoms with van der Waals surface area (Å²) in [4.78, 5) is 13.9. The van der Waals surface area contributed by atoms with Gasteiger partial charge in [0.25, 0.3) is 0 Å². The van der Waals surface area contributed by atoms with E-state index in [-0.39, 0.29) is 5.91 Å². The summed E-state index contributed by atoms with van der Waals surface area (Å²) in [7, 11) is 0. The van der Waals surface area contributed by atoms with Crippen LogP contribution in [0, 0.1) is 0 Å². The Morgan fingerprint density at radius 2 is 1.86 bits per heavy atom. The third-order valence-electron chi connectivity index (χ3n) is 1.94.